The van der Waals surface area contributed by atoms with Gasteiger partial charge in [-0.15, -0.1) is 0 Å². The fourth-order valence-electron chi connectivity index (χ4n) is 6.86. The van der Waals surface area contributed by atoms with E-state index in [1.165, 1.54) is 21.3 Å². The Morgan fingerprint density at radius 1 is 0.844 bits per heavy atom. The smallest absolute Gasteiger partial charge is 0.254 e. The van der Waals surface area contributed by atoms with Gasteiger partial charge in [0.25, 0.3) is 5.91 Å². The van der Waals surface area contributed by atoms with Crippen LogP contribution in [0.25, 0.3) is 0 Å². The van der Waals surface area contributed by atoms with Crippen molar-refractivity contribution in [1.82, 2.24) is 15.5 Å². The Bertz CT molecular complexity index is 1490. The van der Waals surface area contributed by atoms with Crippen LogP contribution in [-0.4, -0.2) is 77.9 Å². The third-order valence-corrected chi connectivity index (χ3v) is 9.72. The summed E-state index contributed by atoms with van der Waals surface area (Å²) in [5.74, 6) is 1.75. The average Bonchev–Trinajstić information content (AvgIpc) is 3.53. The molecule has 2 saturated heterocycles. The first-order valence-electron chi connectivity index (χ1n) is 15.3. The minimum atomic E-state index is -0.576. The molecule has 2 amide bonds. The molecule has 5 rings (SSSR count). The van der Waals surface area contributed by atoms with Crippen LogP contribution in [0, 0.1) is 0 Å². The molecule has 2 aliphatic rings. The lowest BCUT2D eigenvalue weighted by atomic mass is 9.72. The van der Waals surface area contributed by atoms with Gasteiger partial charge in [0.15, 0.2) is 11.5 Å². The summed E-state index contributed by atoms with van der Waals surface area (Å²) in [6.45, 7) is 3.02. The molecule has 0 radical (unpaired) electrons. The Labute approximate surface area is 270 Å². The number of carbonyl (C=O) groups is 2. The molecular formula is C35H42ClN3O6. The fraction of sp³-hybridized carbons (Fsp3) is 0.429. The van der Waals surface area contributed by atoms with Crippen molar-refractivity contribution in [1.29, 1.82) is 0 Å². The number of ether oxygens (including phenoxy) is 4. The highest BCUT2D eigenvalue weighted by atomic mass is 35.5. The predicted molar refractivity (Wildman–Crippen MR) is 174 cm³/mol. The highest BCUT2D eigenvalue weighted by molar-refractivity contribution is 6.32. The fourth-order valence-corrected chi connectivity index (χ4v) is 7.11. The van der Waals surface area contributed by atoms with Gasteiger partial charge in [0.05, 0.1) is 38.9 Å². The minimum Gasteiger partial charge on any atom is -0.495 e. The molecule has 0 spiro atoms. The number of likely N-dealkylation sites (tertiary alicyclic amines) is 1. The number of hydrogen-bond acceptors (Lipinski definition) is 7. The number of piperidine rings is 1. The largest absolute Gasteiger partial charge is 0.495 e. The van der Waals surface area contributed by atoms with Crippen LogP contribution in [-0.2, 0) is 15.6 Å². The van der Waals surface area contributed by atoms with Crippen molar-refractivity contribution < 1.29 is 28.5 Å². The van der Waals surface area contributed by atoms with Crippen LogP contribution in [0.2, 0.25) is 5.02 Å². The maximum Gasteiger partial charge on any atom is 0.254 e. The number of carbonyl (C=O) groups excluding carboxylic acids is 2. The van der Waals surface area contributed by atoms with Gasteiger partial charge in [0, 0.05) is 30.6 Å². The summed E-state index contributed by atoms with van der Waals surface area (Å²) in [5, 5.41) is 7.19. The summed E-state index contributed by atoms with van der Waals surface area (Å²) < 4.78 is 21.9. The maximum atomic E-state index is 13.9. The Balaban J connectivity index is 1.40. The molecule has 2 N–H and O–H groups in total. The number of rotatable bonds is 11. The number of nitrogens with one attached hydrogen (secondary N) is 2. The molecular weight excluding hydrogens is 594 g/mol. The molecule has 0 saturated carbocycles. The van der Waals surface area contributed by atoms with Gasteiger partial charge in [-0.25, -0.2) is 0 Å². The Hall–Kier alpha value is -3.95. The molecule has 10 heteroatoms. The van der Waals surface area contributed by atoms with Crippen LogP contribution in [0.3, 0.4) is 0 Å². The van der Waals surface area contributed by atoms with Gasteiger partial charge in [0.1, 0.15) is 5.75 Å². The normalized spacial score (nSPS) is 19.1. The molecule has 2 aliphatic heterocycles. The number of halogens is 1. The highest BCUT2D eigenvalue weighted by Crippen LogP contribution is 2.43. The number of hydrogen-bond donors (Lipinski definition) is 2. The third kappa shape index (κ3) is 6.42. The molecule has 1 unspecified atom stereocenters. The molecule has 0 bridgehead atoms. The van der Waals surface area contributed by atoms with E-state index in [-0.39, 0.29) is 11.8 Å². The van der Waals surface area contributed by atoms with Gasteiger partial charge in [0.2, 0.25) is 11.7 Å². The molecule has 9 nitrogen and oxygen atoms in total. The van der Waals surface area contributed by atoms with E-state index in [4.69, 9.17) is 30.5 Å². The van der Waals surface area contributed by atoms with Crippen molar-refractivity contribution in [2.24, 2.45) is 0 Å². The molecule has 2 fully saturated rings. The van der Waals surface area contributed by atoms with Crippen LogP contribution >= 0.6 is 11.6 Å². The molecule has 45 heavy (non-hydrogen) atoms. The van der Waals surface area contributed by atoms with Crippen molar-refractivity contribution in [3.63, 3.8) is 0 Å². The Kier molecular flexibility index (Phi) is 10.1. The summed E-state index contributed by atoms with van der Waals surface area (Å²) in [5.41, 5.74) is 1.48. The second kappa shape index (κ2) is 14.0. The first-order chi connectivity index (χ1) is 21.8. The Morgan fingerprint density at radius 3 is 2.11 bits per heavy atom. The maximum absolute atomic E-state index is 13.9. The van der Waals surface area contributed by atoms with Crippen molar-refractivity contribution >= 4 is 23.4 Å². The van der Waals surface area contributed by atoms with Crippen molar-refractivity contribution in [2.45, 2.75) is 36.5 Å². The first-order valence-corrected chi connectivity index (χ1v) is 15.7. The van der Waals surface area contributed by atoms with Crippen LogP contribution < -0.4 is 29.6 Å². The van der Waals surface area contributed by atoms with Crippen molar-refractivity contribution in [3.8, 4) is 23.0 Å². The summed E-state index contributed by atoms with van der Waals surface area (Å²) in [4.78, 5) is 29.7. The first kappa shape index (κ1) is 32.4. The van der Waals surface area contributed by atoms with Crippen LogP contribution in [0.5, 0.6) is 23.0 Å². The van der Waals surface area contributed by atoms with Gasteiger partial charge >= 0.3 is 0 Å². The topological polar surface area (TPSA) is 98.4 Å². The zero-order valence-corrected chi connectivity index (χ0v) is 27.2. The van der Waals surface area contributed by atoms with Crippen molar-refractivity contribution in [2.75, 3.05) is 61.2 Å². The van der Waals surface area contributed by atoms with Gasteiger partial charge in [-0.1, -0.05) is 48.0 Å². The van der Waals surface area contributed by atoms with Crippen LogP contribution in [0.15, 0.2) is 60.7 Å². The molecule has 0 aliphatic carbocycles. The number of methoxy groups -OCH3 is 4. The molecule has 2 heterocycles. The summed E-state index contributed by atoms with van der Waals surface area (Å²) in [7, 11) is 6.17. The van der Waals surface area contributed by atoms with E-state index in [2.05, 4.69) is 22.8 Å². The standard InChI is InChI=1S/C35H42ClN3O6/c1-42-28-11-10-26(22-27(28)36)34(12-18-38-33(41)35(13-16-37-17-14-35)25-8-6-5-7-9-25)15-19-39(23-34)32(40)24-20-29(43-2)31(45-4)30(21-24)44-3/h5-11,20-22,37H,12-19,23H2,1-4H3,(H,38,41). The lowest BCUT2D eigenvalue weighted by Crippen LogP contribution is -2.51. The quantitative estimate of drug-likeness (QED) is 0.307. The van der Waals surface area contributed by atoms with E-state index >= 15 is 0 Å². The van der Waals surface area contributed by atoms with E-state index in [1.54, 1.807) is 19.2 Å². The zero-order chi connectivity index (χ0) is 32.0. The van der Waals surface area contributed by atoms with Crippen LogP contribution in [0.1, 0.15) is 47.2 Å². The Morgan fingerprint density at radius 2 is 1.51 bits per heavy atom. The predicted octanol–water partition coefficient (Wildman–Crippen LogP) is 4.99. The minimum absolute atomic E-state index is 0.0430. The molecule has 0 aromatic heterocycles. The van der Waals surface area contributed by atoms with Gasteiger partial charge < -0.3 is 34.5 Å². The van der Waals surface area contributed by atoms with E-state index < -0.39 is 10.8 Å². The monoisotopic (exact) mass is 635 g/mol. The molecule has 1 atom stereocenters. The van der Waals surface area contributed by atoms with Crippen molar-refractivity contribution in [3.05, 3.63) is 82.4 Å². The lowest BCUT2D eigenvalue weighted by molar-refractivity contribution is -0.127. The summed E-state index contributed by atoms with van der Waals surface area (Å²) in [6, 6.07) is 19.2. The van der Waals surface area contributed by atoms with Crippen LogP contribution in [0.4, 0.5) is 0 Å². The summed E-state index contributed by atoms with van der Waals surface area (Å²) >= 11 is 6.61. The zero-order valence-electron chi connectivity index (χ0n) is 26.4. The molecule has 240 valence electrons. The number of nitrogens with zero attached hydrogens (tertiary/aromatic N) is 1. The number of benzene rings is 3. The van der Waals surface area contributed by atoms with E-state index in [9.17, 15) is 9.59 Å². The van der Waals surface area contributed by atoms with E-state index in [1.807, 2.05) is 41.3 Å². The third-order valence-electron chi connectivity index (χ3n) is 9.42. The van der Waals surface area contributed by atoms with Gasteiger partial charge in [-0.05, 0) is 74.2 Å². The molecule has 3 aromatic carbocycles. The second-order valence-corrected chi connectivity index (χ2v) is 12.1. The highest BCUT2D eigenvalue weighted by Gasteiger charge is 2.44. The van der Waals surface area contributed by atoms with Gasteiger partial charge in [-0.3, -0.25) is 9.59 Å². The average molecular weight is 636 g/mol. The summed E-state index contributed by atoms with van der Waals surface area (Å²) in [6.07, 6.45) is 2.80. The van der Waals surface area contributed by atoms with E-state index in [0.29, 0.717) is 66.1 Å². The second-order valence-electron chi connectivity index (χ2n) is 11.7. The van der Waals surface area contributed by atoms with Gasteiger partial charge in [-0.2, -0.15) is 0 Å². The SMILES string of the molecule is COc1ccc(C2(CCNC(=O)C3(c4ccccc4)CCNCC3)CCN(C(=O)c3cc(OC)c(OC)c(OC)c3)C2)cc1Cl. The molecule has 3 aromatic rings. The van der Waals surface area contributed by atoms with E-state index in [0.717, 1.165) is 37.1 Å². The lowest BCUT2D eigenvalue weighted by Gasteiger charge is -2.37. The number of amides is 2.